The van der Waals surface area contributed by atoms with Gasteiger partial charge in [-0.1, -0.05) is 250 Å². The minimum Gasteiger partial charge on any atom is -0.466 e. The van der Waals surface area contributed by atoms with E-state index in [0.717, 1.165) is 57.8 Å². The standard InChI is InChI=1S/C56H107NO5/c1-3-5-7-9-11-13-15-17-18-19-20-21-25-28-32-36-40-44-48-54(59)53(52-58)57-55(60)49-45-41-37-33-29-26-22-23-27-31-35-39-43-47-51-62-56(61)50-46-42-38-34-30-24-16-14-12-10-8-6-4-2/h14,16,44,48,53-54,58-59H,3-13,15,17-43,45-47,49-52H2,1-2H3,(H,57,60)/b16-14-,48-44+. The van der Waals surface area contributed by atoms with E-state index in [1.165, 1.54) is 212 Å². The van der Waals surface area contributed by atoms with Crippen molar-refractivity contribution in [2.75, 3.05) is 13.2 Å². The van der Waals surface area contributed by atoms with E-state index in [9.17, 15) is 19.8 Å². The summed E-state index contributed by atoms with van der Waals surface area (Å²) in [7, 11) is 0. The number of aliphatic hydroxyl groups is 2. The highest BCUT2D eigenvalue weighted by molar-refractivity contribution is 5.76. The van der Waals surface area contributed by atoms with Crippen LogP contribution in [0.1, 0.15) is 296 Å². The Kier molecular flexibility index (Phi) is 50.6. The van der Waals surface area contributed by atoms with Crippen LogP contribution >= 0.6 is 0 Å². The first-order valence-electron chi connectivity index (χ1n) is 27.6. The molecule has 2 atom stereocenters. The summed E-state index contributed by atoms with van der Waals surface area (Å²) in [6, 6.07) is -0.636. The summed E-state index contributed by atoms with van der Waals surface area (Å²) in [6.45, 7) is 4.87. The molecule has 0 rings (SSSR count). The van der Waals surface area contributed by atoms with Crippen LogP contribution in [0.15, 0.2) is 24.3 Å². The second kappa shape index (κ2) is 52.0. The van der Waals surface area contributed by atoms with Gasteiger partial charge in [0.15, 0.2) is 0 Å². The first-order chi connectivity index (χ1) is 30.5. The third kappa shape index (κ3) is 47.8. The second-order valence-corrected chi connectivity index (χ2v) is 18.9. The Labute approximate surface area is 386 Å². The zero-order chi connectivity index (χ0) is 45.1. The average molecular weight is 874 g/mol. The molecule has 62 heavy (non-hydrogen) atoms. The molecule has 0 spiro atoms. The van der Waals surface area contributed by atoms with Crippen LogP contribution in [0.3, 0.4) is 0 Å². The van der Waals surface area contributed by atoms with Gasteiger partial charge >= 0.3 is 5.97 Å². The van der Waals surface area contributed by atoms with Gasteiger partial charge in [-0.3, -0.25) is 9.59 Å². The molecule has 6 heteroatoms. The summed E-state index contributed by atoms with van der Waals surface area (Å²) in [5, 5.41) is 23.1. The van der Waals surface area contributed by atoms with E-state index in [-0.39, 0.29) is 18.5 Å². The molecule has 0 saturated carbocycles. The molecule has 0 radical (unpaired) electrons. The summed E-state index contributed by atoms with van der Waals surface area (Å²) in [5.74, 6) is -0.0897. The van der Waals surface area contributed by atoms with Gasteiger partial charge in [0.1, 0.15) is 0 Å². The first kappa shape index (κ1) is 60.3. The quantitative estimate of drug-likeness (QED) is 0.0321. The van der Waals surface area contributed by atoms with Gasteiger partial charge in [-0.05, 0) is 57.8 Å². The Morgan fingerprint density at radius 3 is 1.16 bits per heavy atom. The lowest BCUT2D eigenvalue weighted by atomic mass is 10.0. The number of allylic oxidation sites excluding steroid dienone is 3. The molecule has 0 aliphatic carbocycles. The topological polar surface area (TPSA) is 95.9 Å². The van der Waals surface area contributed by atoms with Gasteiger partial charge in [0.2, 0.25) is 5.91 Å². The van der Waals surface area contributed by atoms with Crippen molar-refractivity contribution in [3.05, 3.63) is 24.3 Å². The maximum absolute atomic E-state index is 12.5. The van der Waals surface area contributed by atoms with Crippen molar-refractivity contribution >= 4 is 11.9 Å². The van der Waals surface area contributed by atoms with Gasteiger partial charge in [0.25, 0.3) is 0 Å². The van der Waals surface area contributed by atoms with E-state index >= 15 is 0 Å². The Hall–Kier alpha value is -1.66. The number of esters is 1. The Bertz CT molecular complexity index is 966. The molecule has 0 aromatic carbocycles. The Morgan fingerprint density at radius 1 is 0.435 bits per heavy atom. The van der Waals surface area contributed by atoms with E-state index in [1.54, 1.807) is 6.08 Å². The van der Waals surface area contributed by atoms with Crippen molar-refractivity contribution in [1.82, 2.24) is 5.32 Å². The van der Waals surface area contributed by atoms with Crippen molar-refractivity contribution in [2.24, 2.45) is 0 Å². The number of aliphatic hydroxyl groups excluding tert-OH is 2. The zero-order valence-electron chi connectivity index (χ0n) is 41.6. The summed E-state index contributed by atoms with van der Waals surface area (Å²) in [4.78, 5) is 24.5. The molecule has 2 unspecified atom stereocenters. The van der Waals surface area contributed by atoms with Crippen molar-refractivity contribution in [3.63, 3.8) is 0 Å². The van der Waals surface area contributed by atoms with Gasteiger partial charge in [-0.2, -0.15) is 0 Å². The molecule has 0 fully saturated rings. The molecule has 3 N–H and O–H groups in total. The number of amides is 1. The largest absolute Gasteiger partial charge is 0.466 e. The minimum atomic E-state index is -0.852. The number of hydrogen-bond acceptors (Lipinski definition) is 5. The summed E-state index contributed by atoms with van der Waals surface area (Å²) < 4.78 is 5.46. The van der Waals surface area contributed by atoms with Crippen molar-refractivity contribution in [3.8, 4) is 0 Å². The van der Waals surface area contributed by atoms with E-state index in [4.69, 9.17) is 4.74 Å². The Balaban J connectivity index is 3.48. The average Bonchev–Trinajstić information content (AvgIpc) is 3.27. The zero-order valence-corrected chi connectivity index (χ0v) is 41.6. The lowest BCUT2D eigenvalue weighted by Crippen LogP contribution is -2.45. The molecule has 0 saturated heterocycles. The molecular weight excluding hydrogens is 767 g/mol. The van der Waals surface area contributed by atoms with Crippen LogP contribution in [0.5, 0.6) is 0 Å². The maximum Gasteiger partial charge on any atom is 0.305 e. The molecule has 366 valence electrons. The molecule has 0 aliphatic heterocycles. The Morgan fingerprint density at radius 2 is 0.758 bits per heavy atom. The summed E-state index contributed by atoms with van der Waals surface area (Å²) in [6.07, 6.45) is 61.8. The molecule has 0 aromatic heterocycles. The molecular formula is C56H107NO5. The van der Waals surface area contributed by atoms with E-state index in [0.29, 0.717) is 19.4 Å². The normalized spacial score (nSPS) is 12.8. The number of rotatable bonds is 51. The van der Waals surface area contributed by atoms with Crippen molar-refractivity contribution < 1.29 is 24.5 Å². The molecule has 0 aliphatic rings. The van der Waals surface area contributed by atoms with Crippen LogP contribution in [0.2, 0.25) is 0 Å². The van der Waals surface area contributed by atoms with Crippen molar-refractivity contribution in [2.45, 2.75) is 309 Å². The van der Waals surface area contributed by atoms with Gasteiger partial charge in [0, 0.05) is 12.8 Å². The lowest BCUT2D eigenvalue weighted by molar-refractivity contribution is -0.143. The second-order valence-electron chi connectivity index (χ2n) is 18.9. The molecule has 0 aromatic rings. The summed E-state index contributed by atoms with van der Waals surface area (Å²) >= 11 is 0. The predicted molar refractivity (Wildman–Crippen MR) is 269 cm³/mol. The number of carbonyl (C=O) groups excluding carboxylic acids is 2. The van der Waals surface area contributed by atoms with Crippen LogP contribution in [0.4, 0.5) is 0 Å². The fourth-order valence-corrected chi connectivity index (χ4v) is 8.45. The van der Waals surface area contributed by atoms with Gasteiger partial charge in [0.05, 0.1) is 25.4 Å². The number of ether oxygens (including phenoxy) is 1. The number of unbranched alkanes of at least 4 members (excludes halogenated alkanes) is 38. The predicted octanol–water partition coefficient (Wildman–Crippen LogP) is 16.7. The highest BCUT2D eigenvalue weighted by atomic mass is 16.5. The molecule has 0 heterocycles. The number of carbonyl (C=O) groups is 2. The SMILES string of the molecule is CCCCCC/C=C\CCCCCCCC(=O)OCCCCCCCCCCCCCCCCC(=O)NC(CO)C(O)/C=C/CCCCCCCCCCCCCCCCCC. The first-order valence-corrected chi connectivity index (χ1v) is 27.6. The number of hydrogen-bond donors (Lipinski definition) is 3. The lowest BCUT2D eigenvalue weighted by Gasteiger charge is -2.20. The fourth-order valence-electron chi connectivity index (χ4n) is 8.45. The van der Waals surface area contributed by atoms with E-state index < -0.39 is 12.1 Å². The highest BCUT2D eigenvalue weighted by Crippen LogP contribution is 2.16. The van der Waals surface area contributed by atoms with E-state index in [1.807, 2.05) is 6.08 Å². The number of nitrogens with one attached hydrogen (secondary N) is 1. The van der Waals surface area contributed by atoms with Gasteiger partial charge < -0.3 is 20.3 Å². The third-order valence-electron chi connectivity index (χ3n) is 12.7. The van der Waals surface area contributed by atoms with Gasteiger partial charge in [-0.25, -0.2) is 0 Å². The molecule has 6 nitrogen and oxygen atoms in total. The van der Waals surface area contributed by atoms with E-state index in [2.05, 4.69) is 31.3 Å². The highest BCUT2D eigenvalue weighted by Gasteiger charge is 2.18. The molecule has 1 amide bonds. The monoisotopic (exact) mass is 874 g/mol. The minimum absolute atomic E-state index is 0.0125. The van der Waals surface area contributed by atoms with Crippen LogP contribution in [-0.2, 0) is 14.3 Å². The smallest absolute Gasteiger partial charge is 0.305 e. The van der Waals surface area contributed by atoms with Crippen LogP contribution in [-0.4, -0.2) is 47.4 Å². The fraction of sp³-hybridized carbons (Fsp3) is 0.893. The van der Waals surface area contributed by atoms with Crippen LogP contribution in [0, 0.1) is 0 Å². The summed E-state index contributed by atoms with van der Waals surface area (Å²) in [5.41, 5.74) is 0. The molecule has 0 bridgehead atoms. The van der Waals surface area contributed by atoms with Crippen LogP contribution in [0.25, 0.3) is 0 Å². The van der Waals surface area contributed by atoms with Gasteiger partial charge in [-0.15, -0.1) is 0 Å². The van der Waals surface area contributed by atoms with Crippen LogP contribution < -0.4 is 5.32 Å². The van der Waals surface area contributed by atoms with Crippen molar-refractivity contribution in [1.29, 1.82) is 0 Å². The maximum atomic E-state index is 12.5. The third-order valence-corrected chi connectivity index (χ3v) is 12.7.